The summed E-state index contributed by atoms with van der Waals surface area (Å²) in [4.78, 5) is 12.0. The first-order valence-corrected chi connectivity index (χ1v) is 7.54. The van der Waals surface area contributed by atoms with E-state index in [-0.39, 0.29) is 5.91 Å². The number of hydrogen-bond acceptors (Lipinski definition) is 1. The van der Waals surface area contributed by atoms with Crippen LogP contribution in [0.3, 0.4) is 0 Å². The number of amides is 1. The highest BCUT2D eigenvalue weighted by atomic mass is 35.5. The summed E-state index contributed by atoms with van der Waals surface area (Å²) in [5.74, 6) is -0.107. The molecular formula is C18H20ClNO. The van der Waals surface area contributed by atoms with Crippen molar-refractivity contribution in [3.8, 4) is 0 Å². The molecule has 2 aromatic carbocycles. The van der Waals surface area contributed by atoms with Crippen LogP contribution in [0.2, 0.25) is 5.02 Å². The first-order chi connectivity index (χ1) is 10.1. The number of rotatable bonds is 5. The summed E-state index contributed by atoms with van der Waals surface area (Å²) in [5.41, 5.74) is 4.15. The first kappa shape index (κ1) is 15.6. The second kappa shape index (κ2) is 7.28. The highest BCUT2D eigenvalue weighted by molar-refractivity contribution is 6.33. The molecule has 110 valence electrons. The third-order valence-corrected chi connectivity index (χ3v) is 3.73. The van der Waals surface area contributed by atoms with Gasteiger partial charge in [0.05, 0.1) is 10.6 Å². The summed E-state index contributed by atoms with van der Waals surface area (Å²) in [6.07, 6.45) is 1.88. The van der Waals surface area contributed by atoms with Gasteiger partial charge in [-0.15, -0.1) is 0 Å². The van der Waals surface area contributed by atoms with Gasteiger partial charge >= 0.3 is 0 Å². The minimum atomic E-state index is -0.107. The van der Waals surface area contributed by atoms with Crippen molar-refractivity contribution in [2.45, 2.75) is 26.7 Å². The Kier molecular flexibility index (Phi) is 5.40. The predicted molar refractivity (Wildman–Crippen MR) is 88.0 cm³/mol. The van der Waals surface area contributed by atoms with E-state index < -0.39 is 0 Å². The fraction of sp³-hybridized carbons (Fsp3) is 0.278. The molecule has 3 heteroatoms. The van der Waals surface area contributed by atoms with Crippen LogP contribution in [0.15, 0.2) is 42.5 Å². The Morgan fingerprint density at radius 1 is 1.05 bits per heavy atom. The molecule has 0 fully saturated rings. The van der Waals surface area contributed by atoms with Crippen molar-refractivity contribution in [3.05, 3.63) is 69.7 Å². The molecule has 0 heterocycles. The fourth-order valence-corrected chi connectivity index (χ4v) is 2.47. The largest absolute Gasteiger partial charge is 0.352 e. The lowest BCUT2D eigenvalue weighted by Gasteiger charge is -2.07. The zero-order valence-corrected chi connectivity index (χ0v) is 13.2. The zero-order valence-electron chi connectivity index (χ0n) is 12.4. The monoisotopic (exact) mass is 301 g/mol. The summed E-state index contributed by atoms with van der Waals surface area (Å²) in [5, 5.41) is 3.42. The number of carbonyl (C=O) groups is 1. The van der Waals surface area contributed by atoms with E-state index in [4.69, 9.17) is 11.6 Å². The molecule has 2 aromatic rings. The van der Waals surface area contributed by atoms with Gasteiger partial charge in [0.25, 0.3) is 5.91 Å². The number of carbonyl (C=O) groups excluding carboxylic acids is 1. The number of benzene rings is 2. The predicted octanol–water partition coefficient (Wildman–Crippen LogP) is 4.32. The molecule has 0 aliphatic rings. The lowest BCUT2D eigenvalue weighted by molar-refractivity contribution is 0.0953. The second-order valence-electron chi connectivity index (χ2n) is 5.33. The molecule has 0 unspecified atom stereocenters. The molecule has 2 rings (SSSR count). The highest BCUT2D eigenvalue weighted by Crippen LogP contribution is 2.17. The average molecular weight is 302 g/mol. The van der Waals surface area contributed by atoms with Gasteiger partial charge in [0.1, 0.15) is 0 Å². The molecule has 0 bridgehead atoms. The van der Waals surface area contributed by atoms with Crippen LogP contribution in [-0.2, 0) is 6.42 Å². The molecule has 1 N–H and O–H groups in total. The molecular weight excluding hydrogens is 282 g/mol. The van der Waals surface area contributed by atoms with Crippen LogP contribution in [0.5, 0.6) is 0 Å². The summed E-state index contributed by atoms with van der Waals surface area (Å²) in [7, 11) is 0. The van der Waals surface area contributed by atoms with Gasteiger partial charge < -0.3 is 5.32 Å². The first-order valence-electron chi connectivity index (χ1n) is 7.16. The van der Waals surface area contributed by atoms with E-state index in [9.17, 15) is 4.79 Å². The van der Waals surface area contributed by atoms with Crippen molar-refractivity contribution < 1.29 is 4.79 Å². The van der Waals surface area contributed by atoms with Crippen molar-refractivity contribution in [2.24, 2.45) is 0 Å². The molecule has 2 nitrogen and oxygen atoms in total. The molecule has 0 saturated heterocycles. The number of nitrogens with one attached hydrogen (secondary N) is 1. The van der Waals surface area contributed by atoms with Crippen LogP contribution in [0.4, 0.5) is 0 Å². The zero-order chi connectivity index (χ0) is 15.2. The Balaban J connectivity index is 1.80. The van der Waals surface area contributed by atoms with Crippen molar-refractivity contribution in [1.82, 2.24) is 5.32 Å². The van der Waals surface area contributed by atoms with Crippen molar-refractivity contribution in [2.75, 3.05) is 6.54 Å². The van der Waals surface area contributed by atoms with E-state index in [0.717, 1.165) is 18.4 Å². The van der Waals surface area contributed by atoms with E-state index in [2.05, 4.69) is 36.5 Å². The summed E-state index contributed by atoms with van der Waals surface area (Å²) in [6.45, 7) is 4.68. The van der Waals surface area contributed by atoms with E-state index in [1.807, 2.05) is 19.1 Å². The van der Waals surface area contributed by atoms with Crippen LogP contribution < -0.4 is 5.32 Å². The molecule has 0 aliphatic carbocycles. The Morgan fingerprint density at radius 2 is 1.71 bits per heavy atom. The van der Waals surface area contributed by atoms with E-state index >= 15 is 0 Å². The molecule has 0 aliphatic heterocycles. The molecule has 0 atom stereocenters. The maximum atomic E-state index is 12.0. The quantitative estimate of drug-likeness (QED) is 0.819. The number of aryl methyl sites for hydroxylation is 3. The van der Waals surface area contributed by atoms with Crippen molar-refractivity contribution >= 4 is 17.5 Å². The summed E-state index contributed by atoms with van der Waals surface area (Å²) >= 11 is 6.09. The van der Waals surface area contributed by atoms with Gasteiger partial charge in [-0.2, -0.15) is 0 Å². The van der Waals surface area contributed by atoms with Gasteiger partial charge in [0.2, 0.25) is 0 Å². The second-order valence-corrected chi connectivity index (χ2v) is 5.74. The normalized spacial score (nSPS) is 10.4. The topological polar surface area (TPSA) is 29.1 Å². The minimum Gasteiger partial charge on any atom is -0.352 e. The summed E-state index contributed by atoms with van der Waals surface area (Å²) in [6, 6.07) is 14.0. The van der Waals surface area contributed by atoms with E-state index in [0.29, 0.717) is 17.1 Å². The lowest BCUT2D eigenvalue weighted by Crippen LogP contribution is -2.25. The SMILES string of the molecule is Cc1ccc(CCCNC(=O)c2ccc(C)cc2Cl)cc1. The summed E-state index contributed by atoms with van der Waals surface area (Å²) < 4.78 is 0. The van der Waals surface area contributed by atoms with Gasteiger partial charge in [-0.3, -0.25) is 4.79 Å². The maximum absolute atomic E-state index is 12.0. The third-order valence-electron chi connectivity index (χ3n) is 3.42. The molecule has 0 aromatic heterocycles. The van der Waals surface area contributed by atoms with Crippen LogP contribution >= 0.6 is 11.6 Å². The minimum absolute atomic E-state index is 0.107. The molecule has 0 saturated carbocycles. The third kappa shape index (κ3) is 4.61. The van der Waals surface area contributed by atoms with Crippen LogP contribution in [0.25, 0.3) is 0 Å². The van der Waals surface area contributed by atoms with Gasteiger partial charge in [0, 0.05) is 6.54 Å². The standard InChI is InChI=1S/C18H20ClNO/c1-13-5-8-15(9-6-13)4-3-11-20-18(21)16-10-7-14(2)12-17(16)19/h5-10,12H,3-4,11H2,1-2H3,(H,20,21). The highest BCUT2D eigenvalue weighted by Gasteiger charge is 2.09. The number of hydrogen-bond donors (Lipinski definition) is 1. The van der Waals surface area contributed by atoms with Crippen molar-refractivity contribution in [1.29, 1.82) is 0 Å². The van der Waals surface area contributed by atoms with Crippen LogP contribution in [0.1, 0.15) is 33.5 Å². The van der Waals surface area contributed by atoms with E-state index in [1.165, 1.54) is 11.1 Å². The van der Waals surface area contributed by atoms with Gasteiger partial charge in [0.15, 0.2) is 0 Å². The molecule has 21 heavy (non-hydrogen) atoms. The smallest absolute Gasteiger partial charge is 0.252 e. The lowest BCUT2D eigenvalue weighted by atomic mass is 10.1. The van der Waals surface area contributed by atoms with E-state index in [1.54, 1.807) is 6.07 Å². The Labute approximate surface area is 131 Å². The Hall–Kier alpha value is -1.80. The Bertz CT molecular complexity index is 620. The van der Waals surface area contributed by atoms with Gasteiger partial charge in [-0.1, -0.05) is 47.5 Å². The van der Waals surface area contributed by atoms with Crippen LogP contribution in [0, 0.1) is 13.8 Å². The van der Waals surface area contributed by atoms with Crippen molar-refractivity contribution in [3.63, 3.8) is 0 Å². The maximum Gasteiger partial charge on any atom is 0.252 e. The van der Waals surface area contributed by atoms with Crippen LogP contribution in [-0.4, -0.2) is 12.5 Å². The molecule has 1 amide bonds. The molecule has 0 spiro atoms. The fourth-order valence-electron chi connectivity index (χ4n) is 2.15. The number of halogens is 1. The van der Waals surface area contributed by atoms with Gasteiger partial charge in [-0.25, -0.2) is 0 Å². The Morgan fingerprint density at radius 3 is 2.38 bits per heavy atom. The van der Waals surface area contributed by atoms with Gasteiger partial charge in [-0.05, 0) is 49.9 Å². The molecule has 0 radical (unpaired) electrons. The average Bonchev–Trinajstić information content (AvgIpc) is 2.45.